The third kappa shape index (κ3) is 4.14. The number of aromatic nitrogens is 2. The lowest BCUT2D eigenvalue weighted by atomic mass is 10.3. The SMILES string of the molecule is CCCc1nc(NN)cc(Sc2ccc([N+](=O)[O-])cc2)n1. The van der Waals surface area contributed by atoms with Crippen molar-refractivity contribution in [2.24, 2.45) is 5.84 Å². The molecular formula is C13H15N5O2S. The van der Waals surface area contributed by atoms with Gasteiger partial charge in [0.1, 0.15) is 16.7 Å². The number of nitro groups is 1. The van der Waals surface area contributed by atoms with Crippen LogP contribution in [-0.4, -0.2) is 14.9 Å². The number of nitrogens with one attached hydrogen (secondary N) is 1. The lowest BCUT2D eigenvalue weighted by molar-refractivity contribution is -0.384. The molecule has 0 aliphatic heterocycles. The Bertz CT molecular complexity index is 633. The molecule has 1 aromatic carbocycles. The zero-order chi connectivity index (χ0) is 15.2. The highest BCUT2D eigenvalue weighted by atomic mass is 32.2. The van der Waals surface area contributed by atoms with Gasteiger partial charge in [0.05, 0.1) is 4.92 Å². The quantitative estimate of drug-likeness (QED) is 0.365. The van der Waals surface area contributed by atoms with Gasteiger partial charge in [0.25, 0.3) is 5.69 Å². The molecule has 3 N–H and O–H groups in total. The van der Waals surface area contributed by atoms with E-state index in [1.54, 1.807) is 18.2 Å². The Morgan fingerprint density at radius 2 is 2.05 bits per heavy atom. The van der Waals surface area contributed by atoms with E-state index in [2.05, 4.69) is 22.3 Å². The summed E-state index contributed by atoms with van der Waals surface area (Å²) in [4.78, 5) is 19.8. The van der Waals surface area contributed by atoms with Gasteiger partial charge in [-0.05, 0) is 18.6 Å². The van der Waals surface area contributed by atoms with Crippen LogP contribution in [0.2, 0.25) is 0 Å². The van der Waals surface area contributed by atoms with E-state index in [1.165, 1.54) is 23.9 Å². The van der Waals surface area contributed by atoms with Crippen molar-refractivity contribution in [3.8, 4) is 0 Å². The summed E-state index contributed by atoms with van der Waals surface area (Å²) in [6.07, 6.45) is 1.71. The molecule has 0 aliphatic rings. The first kappa shape index (κ1) is 15.2. The van der Waals surface area contributed by atoms with Crippen molar-refractivity contribution in [2.45, 2.75) is 29.7 Å². The molecule has 1 heterocycles. The summed E-state index contributed by atoms with van der Waals surface area (Å²) >= 11 is 1.41. The fraction of sp³-hybridized carbons (Fsp3) is 0.231. The van der Waals surface area contributed by atoms with Crippen LogP contribution in [0.1, 0.15) is 19.2 Å². The summed E-state index contributed by atoms with van der Waals surface area (Å²) in [6.45, 7) is 2.05. The molecule has 0 spiro atoms. The fourth-order valence-corrected chi connectivity index (χ4v) is 2.53. The Morgan fingerprint density at radius 1 is 1.33 bits per heavy atom. The van der Waals surface area contributed by atoms with Gasteiger partial charge < -0.3 is 5.43 Å². The molecule has 0 amide bonds. The van der Waals surface area contributed by atoms with Gasteiger partial charge in [-0.15, -0.1) is 0 Å². The molecule has 0 bridgehead atoms. The van der Waals surface area contributed by atoms with Gasteiger partial charge in [-0.25, -0.2) is 15.8 Å². The molecule has 0 saturated carbocycles. The Labute approximate surface area is 126 Å². The zero-order valence-corrected chi connectivity index (χ0v) is 12.3. The smallest absolute Gasteiger partial charge is 0.269 e. The summed E-state index contributed by atoms with van der Waals surface area (Å²) in [5, 5.41) is 11.4. The van der Waals surface area contributed by atoms with Crippen molar-refractivity contribution >= 4 is 23.3 Å². The molecule has 7 nitrogen and oxygen atoms in total. The molecule has 2 rings (SSSR count). The lowest BCUT2D eigenvalue weighted by Gasteiger charge is -2.06. The highest BCUT2D eigenvalue weighted by Gasteiger charge is 2.08. The van der Waals surface area contributed by atoms with Crippen LogP contribution in [0.15, 0.2) is 40.3 Å². The summed E-state index contributed by atoms with van der Waals surface area (Å²) in [6, 6.07) is 8.07. The minimum Gasteiger partial charge on any atom is -0.308 e. The average Bonchev–Trinajstić information content (AvgIpc) is 2.48. The molecule has 110 valence electrons. The van der Waals surface area contributed by atoms with Crippen LogP contribution in [0.4, 0.5) is 11.5 Å². The van der Waals surface area contributed by atoms with Crippen LogP contribution in [0, 0.1) is 10.1 Å². The van der Waals surface area contributed by atoms with Crippen molar-refractivity contribution in [3.05, 3.63) is 46.3 Å². The van der Waals surface area contributed by atoms with Gasteiger partial charge in [0.2, 0.25) is 0 Å². The van der Waals surface area contributed by atoms with E-state index in [0.717, 1.165) is 28.6 Å². The summed E-state index contributed by atoms with van der Waals surface area (Å²) < 4.78 is 0. The van der Waals surface area contributed by atoms with Gasteiger partial charge in [-0.1, -0.05) is 18.7 Å². The minimum atomic E-state index is -0.422. The van der Waals surface area contributed by atoms with Crippen molar-refractivity contribution in [1.29, 1.82) is 0 Å². The monoisotopic (exact) mass is 305 g/mol. The number of non-ortho nitro benzene ring substituents is 1. The Kier molecular flexibility index (Phi) is 5.07. The third-order valence-corrected chi connectivity index (χ3v) is 3.57. The molecule has 1 aromatic heterocycles. The van der Waals surface area contributed by atoms with Crippen LogP contribution in [-0.2, 0) is 6.42 Å². The van der Waals surface area contributed by atoms with E-state index >= 15 is 0 Å². The number of nitrogens with zero attached hydrogens (tertiary/aromatic N) is 3. The Balaban J connectivity index is 2.21. The number of nitrogen functional groups attached to an aromatic ring is 1. The van der Waals surface area contributed by atoms with Gasteiger partial charge in [-0.3, -0.25) is 10.1 Å². The predicted molar refractivity (Wildman–Crippen MR) is 81.1 cm³/mol. The summed E-state index contributed by atoms with van der Waals surface area (Å²) in [7, 11) is 0. The average molecular weight is 305 g/mol. The number of aryl methyl sites for hydroxylation is 1. The molecule has 8 heteroatoms. The molecule has 21 heavy (non-hydrogen) atoms. The minimum absolute atomic E-state index is 0.0676. The highest BCUT2D eigenvalue weighted by Crippen LogP contribution is 2.28. The second-order valence-electron chi connectivity index (χ2n) is 4.26. The summed E-state index contributed by atoms with van der Waals surface area (Å²) in [5.74, 6) is 6.68. The second kappa shape index (κ2) is 7.00. The topological polar surface area (TPSA) is 107 Å². The van der Waals surface area contributed by atoms with Crippen LogP contribution in [0.3, 0.4) is 0 Å². The fourth-order valence-electron chi connectivity index (χ4n) is 1.69. The maximum atomic E-state index is 10.6. The molecule has 2 aromatic rings. The van der Waals surface area contributed by atoms with Crippen molar-refractivity contribution in [3.63, 3.8) is 0 Å². The first-order valence-corrected chi connectivity index (χ1v) is 7.21. The van der Waals surface area contributed by atoms with Crippen LogP contribution in [0.25, 0.3) is 0 Å². The lowest BCUT2D eigenvalue weighted by Crippen LogP contribution is -2.10. The molecule has 0 saturated heterocycles. The van der Waals surface area contributed by atoms with E-state index in [0.29, 0.717) is 5.82 Å². The van der Waals surface area contributed by atoms with E-state index in [1.807, 2.05) is 0 Å². The predicted octanol–water partition coefficient (Wildman–Crippen LogP) is 2.77. The number of nitro benzene ring substituents is 1. The largest absolute Gasteiger partial charge is 0.308 e. The number of anilines is 1. The van der Waals surface area contributed by atoms with E-state index in [4.69, 9.17) is 5.84 Å². The second-order valence-corrected chi connectivity index (χ2v) is 5.35. The van der Waals surface area contributed by atoms with Crippen molar-refractivity contribution in [1.82, 2.24) is 9.97 Å². The van der Waals surface area contributed by atoms with E-state index in [9.17, 15) is 10.1 Å². The van der Waals surface area contributed by atoms with Crippen LogP contribution in [0.5, 0.6) is 0 Å². The number of hydrazine groups is 1. The Hall–Kier alpha value is -2.19. The molecule has 0 radical (unpaired) electrons. The standard InChI is InChI=1S/C13H15N5O2S/c1-2-3-11-15-12(17-14)8-13(16-11)21-10-6-4-9(5-7-10)18(19)20/h4-8H,2-3,14H2,1H3,(H,15,16,17). The van der Waals surface area contributed by atoms with Gasteiger partial charge >= 0.3 is 0 Å². The maximum Gasteiger partial charge on any atom is 0.269 e. The maximum absolute atomic E-state index is 10.6. The van der Waals surface area contributed by atoms with Crippen molar-refractivity contribution in [2.75, 3.05) is 5.43 Å². The van der Waals surface area contributed by atoms with Crippen LogP contribution < -0.4 is 11.3 Å². The van der Waals surface area contributed by atoms with E-state index < -0.39 is 4.92 Å². The van der Waals surface area contributed by atoms with Gasteiger partial charge in [0, 0.05) is 29.5 Å². The number of hydrogen-bond donors (Lipinski definition) is 2. The third-order valence-electron chi connectivity index (χ3n) is 2.64. The first-order chi connectivity index (χ1) is 10.1. The number of benzene rings is 1. The van der Waals surface area contributed by atoms with Gasteiger partial charge in [-0.2, -0.15) is 0 Å². The summed E-state index contributed by atoms with van der Waals surface area (Å²) in [5.41, 5.74) is 2.59. The van der Waals surface area contributed by atoms with Gasteiger partial charge in [0.15, 0.2) is 0 Å². The number of hydrogen-bond acceptors (Lipinski definition) is 7. The van der Waals surface area contributed by atoms with E-state index in [-0.39, 0.29) is 5.69 Å². The molecular weight excluding hydrogens is 290 g/mol. The molecule has 0 aliphatic carbocycles. The highest BCUT2D eigenvalue weighted by molar-refractivity contribution is 7.99. The number of nitrogens with two attached hydrogens (primary N) is 1. The first-order valence-electron chi connectivity index (χ1n) is 6.39. The van der Waals surface area contributed by atoms with Crippen molar-refractivity contribution < 1.29 is 4.92 Å². The molecule has 0 atom stereocenters. The van der Waals surface area contributed by atoms with Crippen LogP contribution >= 0.6 is 11.8 Å². The number of rotatable bonds is 6. The molecule has 0 unspecified atom stereocenters. The zero-order valence-electron chi connectivity index (χ0n) is 11.4. The normalized spacial score (nSPS) is 10.4. The Morgan fingerprint density at radius 3 is 2.62 bits per heavy atom. The molecule has 0 fully saturated rings.